The Morgan fingerprint density at radius 1 is 1.53 bits per heavy atom. The van der Waals surface area contributed by atoms with Crippen LogP contribution in [-0.4, -0.2) is 32.1 Å². The maximum atomic E-state index is 11.2. The van der Waals surface area contributed by atoms with Crippen molar-refractivity contribution < 1.29 is 9.53 Å². The van der Waals surface area contributed by atoms with Crippen LogP contribution in [0.1, 0.15) is 16.6 Å². The second-order valence-electron chi connectivity index (χ2n) is 3.42. The van der Waals surface area contributed by atoms with Crippen LogP contribution in [0.15, 0.2) is 10.5 Å². The van der Waals surface area contributed by atoms with Crippen LogP contribution in [0, 0.1) is 0 Å². The van der Waals surface area contributed by atoms with Crippen LogP contribution in [0.25, 0.3) is 0 Å². The molecule has 82 valence electrons. The Bertz CT molecular complexity index is 371. The molecule has 0 unspecified atom stereocenters. The molecular weight excluding hydrogens is 278 g/mol. The first-order valence-corrected chi connectivity index (χ1v) is 6.42. The molecule has 0 aliphatic carbocycles. The van der Waals surface area contributed by atoms with E-state index in [1.807, 2.05) is 6.07 Å². The Labute approximate surface area is 101 Å². The van der Waals surface area contributed by atoms with Crippen molar-refractivity contribution in [2.45, 2.75) is 6.92 Å². The van der Waals surface area contributed by atoms with Crippen LogP contribution in [0.2, 0.25) is 0 Å². The van der Waals surface area contributed by atoms with Crippen molar-refractivity contribution in [3.8, 4) is 0 Å². The lowest BCUT2D eigenvalue weighted by Gasteiger charge is -2.27. The Hall–Kier alpha value is -0.390. The Balaban J connectivity index is 2.22. The molecule has 0 atom stereocenters. The van der Waals surface area contributed by atoms with Gasteiger partial charge in [0.15, 0.2) is 5.78 Å². The van der Waals surface area contributed by atoms with E-state index in [9.17, 15) is 4.79 Å². The topological polar surface area (TPSA) is 29.5 Å². The molecule has 2 rings (SSSR count). The van der Waals surface area contributed by atoms with Gasteiger partial charge in [0.25, 0.3) is 0 Å². The third kappa shape index (κ3) is 2.41. The van der Waals surface area contributed by atoms with E-state index >= 15 is 0 Å². The number of hydrogen-bond acceptors (Lipinski definition) is 4. The van der Waals surface area contributed by atoms with E-state index in [0.29, 0.717) is 0 Å². The summed E-state index contributed by atoms with van der Waals surface area (Å²) in [6.45, 7) is 4.92. The van der Waals surface area contributed by atoms with Gasteiger partial charge in [-0.15, -0.1) is 11.3 Å². The van der Waals surface area contributed by atoms with Crippen LogP contribution in [0.4, 0.5) is 5.00 Å². The molecule has 1 aliphatic rings. The van der Waals surface area contributed by atoms with E-state index in [-0.39, 0.29) is 5.78 Å². The number of morpholine rings is 1. The normalized spacial score (nSPS) is 16.8. The molecule has 0 saturated carbocycles. The van der Waals surface area contributed by atoms with E-state index in [2.05, 4.69) is 20.8 Å². The quantitative estimate of drug-likeness (QED) is 0.784. The van der Waals surface area contributed by atoms with Crippen LogP contribution in [0.5, 0.6) is 0 Å². The lowest BCUT2D eigenvalue weighted by Crippen LogP contribution is -2.35. The number of ketones is 1. The van der Waals surface area contributed by atoms with Crippen molar-refractivity contribution in [2.24, 2.45) is 0 Å². The first-order chi connectivity index (χ1) is 7.18. The minimum Gasteiger partial charge on any atom is -0.378 e. The van der Waals surface area contributed by atoms with Crippen molar-refractivity contribution >= 4 is 38.1 Å². The number of anilines is 1. The lowest BCUT2D eigenvalue weighted by atomic mass is 10.3. The lowest BCUT2D eigenvalue weighted by molar-refractivity contribution is 0.102. The number of hydrogen-bond donors (Lipinski definition) is 0. The highest BCUT2D eigenvalue weighted by Gasteiger charge is 2.18. The SMILES string of the molecule is CC(=O)c1cc(Br)c(N2CCOCC2)s1. The summed E-state index contributed by atoms with van der Waals surface area (Å²) in [7, 11) is 0. The zero-order valence-corrected chi connectivity index (χ0v) is 10.9. The number of thiophene rings is 1. The van der Waals surface area contributed by atoms with E-state index in [0.717, 1.165) is 40.7 Å². The van der Waals surface area contributed by atoms with Gasteiger partial charge in [0.05, 0.1) is 22.6 Å². The van der Waals surface area contributed by atoms with E-state index in [1.165, 1.54) is 0 Å². The fourth-order valence-corrected chi connectivity index (χ4v) is 3.39. The molecule has 2 heterocycles. The third-order valence-corrected chi connectivity index (χ3v) is 4.48. The predicted molar refractivity (Wildman–Crippen MR) is 65.1 cm³/mol. The number of nitrogens with zero attached hydrogens (tertiary/aromatic N) is 1. The van der Waals surface area contributed by atoms with Gasteiger partial charge >= 0.3 is 0 Å². The molecule has 1 fully saturated rings. The second-order valence-corrected chi connectivity index (χ2v) is 5.30. The summed E-state index contributed by atoms with van der Waals surface area (Å²) in [6, 6.07) is 1.90. The van der Waals surface area contributed by atoms with Crippen molar-refractivity contribution in [2.75, 3.05) is 31.2 Å². The van der Waals surface area contributed by atoms with Crippen molar-refractivity contribution in [1.29, 1.82) is 0 Å². The van der Waals surface area contributed by atoms with Gasteiger partial charge in [0.2, 0.25) is 0 Å². The van der Waals surface area contributed by atoms with Crippen LogP contribution in [-0.2, 0) is 4.74 Å². The highest BCUT2D eigenvalue weighted by Crippen LogP contribution is 2.36. The van der Waals surface area contributed by atoms with Gasteiger partial charge < -0.3 is 9.64 Å². The standard InChI is InChI=1S/C10H12BrNO2S/c1-7(13)9-6-8(11)10(15-9)12-2-4-14-5-3-12/h6H,2-5H2,1H3. The summed E-state index contributed by atoms with van der Waals surface area (Å²) < 4.78 is 6.31. The minimum atomic E-state index is 0.125. The summed E-state index contributed by atoms with van der Waals surface area (Å²) in [5, 5.41) is 1.14. The first kappa shape index (κ1) is 11.1. The number of carbonyl (C=O) groups is 1. The molecule has 0 aromatic carbocycles. The number of carbonyl (C=O) groups excluding carboxylic acids is 1. The maximum Gasteiger partial charge on any atom is 0.169 e. The number of rotatable bonds is 2. The summed E-state index contributed by atoms with van der Waals surface area (Å²) in [6.07, 6.45) is 0. The first-order valence-electron chi connectivity index (χ1n) is 4.81. The zero-order valence-electron chi connectivity index (χ0n) is 8.46. The molecule has 3 nitrogen and oxygen atoms in total. The summed E-state index contributed by atoms with van der Waals surface area (Å²) in [4.78, 5) is 14.3. The van der Waals surface area contributed by atoms with Crippen molar-refractivity contribution in [3.63, 3.8) is 0 Å². The molecule has 1 aromatic heterocycles. The fraction of sp³-hybridized carbons (Fsp3) is 0.500. The van der Waals surface area contributed by atoms with Crippen LogP contribution in [0.3, 0.4) is 0 Å². The molecule has 0 radical (unpaired) electrons. The highest BCUT2D eigenvalue weighted by atomic mass is 79.9. The van der Waals surface area contributed by atoms with E-state index < -0.39 is 0 Å². The molecule has 15 heavy (non-hydrogen) atoms. The zero-order chi connectivity index (χ0) is 10.8. The van der Waals surface area contributed by atoms with Crippen LogP contribution >= 0.6 is 27.3 Å². The van der Waals surface area contributed by atoms with E-state index in [1.54, 1.807) is 18.3 Å². The number of Topliss-reactive ketones (excluding diaryl/α,β-unsaturated/α-hetero) is 1. The van der Waals surface area contributed by atoms with Gasteiger partial charge in [0.1, 0.15) is 5.00 Å². The maximum absolute atomic E-state index is 11.2. The largest absolute Gasteiger partial charge is 0.378 e. The van der Waals surface area contributed by atoms with E-state index in [4.69, 9.17) is 4.74 Å². The van der Waals surface area contributed by atoms with Crippen LogP contribution < -0.4 is 4.90 Å². The molecule has 0 spiro atoms. The predicted octanol–water partition coefficient (Wildman–Crippen LogP) is 2.55. The van der Waals surface area contributed by atoms with Gasteiger partial charge in [-0.2, -0.15) is 0 Å². The molecule has 1 aliphatic heterocycles. The van der Waals surface area contributed by atoms with Gasteiger partial charge in [-0.1, -0.05) is 0 Å². The Morgan fingerprint density at radius 2 is 2.20 bits per heavy atom. The van der Waals surface area contributed by atoms with Gasteiger partial charge in [0, 0.05) is 13.1 Å². The monoisotopic (exact) mass is 289 g/mol. The third-order valence-electron chi connectivity index (χ3n) is 2.31. The summed E-state index contributed by atoms with van der Waals surface area (Å²) >= 11 is 5.04. The van der Waals surface area contributed by atoms with Crippen molar-refractivity contribution in [1.82, 2.24) is 0 Å². The molecular formula is C10H12BrNO2S. The molecule has 0 amide bonds. The smallest absolute Gasteiger partial charge is 0.169 e. The molecule has 0 bridgehead atoms. The second kappa shape index (κ2) is 4.63. The Kier molecular flexibility index (Phi) is 3.43. The molecule has 0 N–H and O–H groups in total. The molecule has 1 saturated heterocycles. The van der Waals surface area contributed by atoms with Gasteiger partial charge in [-0.25, -0.2) is 0 Å². The minimum absolute atomic E-state index is 0.125. The fourth-order valence-electron chi connectivity index (χ4n) is 1.51. The Morgan fingerprint density at radius 3 is 2.73 bits per heavy atom. The average Bonchev–Trinajstić information content (AvgIpc) is 2.62. The van der Waals surface area contributed by atoms with Gasteiger partial charge in [-0.05, 0) is 28.9 Å². The number of ether oxygens (including phenoxy) is 1. The van der Waals surface area contributed by atoms with Gasteiger partial charge in [-0.3, -0.25) is 4.79 Å². The molecule has 1 aromatic rings. The number of halogens is 1. The summed E-state index contributed by atoms with van der Waals surface area (Å²) in [5.41, 5.74) is 0. The highest BCUT2D eigenvalue weighted by molar-refractivity contribution is 9.10. The van der Waals surface area contributed by atoms with Crippen molar-refractivity contribution in [3.05, 3.63) is 15.4 Å². The summed E-state index contributed by atoms with van der Waals surface area (Å²) in [5.74, 6) is 0.125. The molecule has 5 heteroatoms. The average molecular weight is 290 g/mol.